The molecule has 1 aliphatic rings. The predicted octanol–water partition coefficient (Wildman–Crippen LogP) is 6.24. The largest absolute Gasteiger partial charge is 0.394 e. The van der Waals surface area contributed by atoms with Crippen LogP contribution in [-0.4, -0.2) is 75.0 Å². The summed E-state index contributed by atoms with van der Waals surface area (Å²) in [6.45, 7) is 4.43. The van der Waals surface area contributed by atoms with Crippen LogP contribution in [0.4, 0.5) is 0 Å². The van der Waals surface area contributed by atoms with Gasteiger partial charge in [0.1, 0.15) is 24.4 Å². The molecule has 0 bridgehead atoms. The quantitative estimate of drug-likeness (QED) is 0.0990. The van der Waals surface area contributed by atoms with Crippen LogP contribution in [0.1, 0.15) is 155 Å². The average molecular weight is 558 g/mol. The van der Waals surface area contributed by atoms with Gasteiger partial charge in [0.25, 0.3) is 0 Å². The van der Waals surface area contributed by atoms with Gasteiger partial charge in [0.15, 0.2) is 6.23 Å². The Balaban J connectivity index is 2.44. The number of aliphatic hydroxyl groups excluding tert-OH is 4. The molecular formula is C32H63NO6. The first-order chi connectivity index (χ1) is 19.0. The topological polar surface area (TPSA) is 110 Å². The van der Waals surface area contributed by atoms with Crippen molar-refractivity contribution in [3.8, 4) is 0 Å². The van der Waals surface area contributed by atoms with Crippen molar-refractivity contribution in [1.29, 1.82) is 0 Å². The molecule has 0 aromatic carbocycles. The minimum Gasteiger partial charge on any atom is -0.394 e. The number of nitrogens with zero attached hydrogens (tertiary/aromatic N) is 1. The number of carbonyl (C=O) groups is 1. The molecule has 7 heteroatoms. The zero-order valence-corrected chi connectivity index (χ0v) is 25.4. The van der Waals surface area contributed by atoms with Crippen LogP contribution in [0.15, 0.2) is 0 Å². The van der Waals surface area contributed by atoms with E-state index in [0.29, 0.717) is 13.0 Å². The predicted molar refractivity (Wildman–Crippen MR) is 158 cm³/mol. The van der Waals surface area contributed by atoms with Crippen LogP contribution in [-0.2, 0) is 9.53 Å². The Morgan fingerprint density at radius 1 is 0.590 bits per heavy atom. The van der Waals surface area contributed by atoms with Crippen molar-refractivity contribution in [3.05, 3.63) is 0 Å². The number of hydrogen-bond acceptors (Lipinski definition) is 6. The molecule has 232 valence electrons. The normalized spacial score (nSPS) is 23.3. The summed E-state index contributed by atoms with van der Waals surface area (Å²) in [6, 6.07) is 0. The highest BCUT2D eigenvalue weighted by molar-refractivity contribution is 5.76. The lowest BCUT2D eigenvalue weighted by molar-refractivity contribution is -0.262. The van der Waals surface area contributed by atoms with Gasteiger partial charge in [-0.25, -0.2) is 0 Å². The number of unbranched alkanes of at least 4 members (excludes halogenated alkanes) is 19. The van der Waals surface area contributed by atoms with Crippen LogP contribution < -0.4 is 0 Å². The molecule has 4 N–H and O–H groups in total. The summed E-state index contributed by atoms with van der Waals surface area (Å²) >= 11 is 0. The fourth-order valence-corrected chi connectivity index (χ4v) is 5.59. The third-order valence-corrected chi connectivity index (χ3v) is 8.24. The Morgan fingerprint density at radius 2 is 1.00 bits per heavy atom. The Labute approximate surface area is 239 Å². The summed E-state index contributed by atoms with van der Waals surface area (Å²) in [4.78, 5) is 14.8. The molecule has 5 atom stereocenters. The highest BCUT2D eigenvalue weighted by atomic mass is 16.6. The highest BCUT2D eigenvalue weighted by Crippen LogP contribution is 2.25. The van der Waals surface area contributed by atoms with Crippen LogP contribution >= 0.6 is 0 Å². The Kier molecular flexibility index (Phi) is 22.3. The van der Waals surface area contributed by atoms with Gasteiger partial charge >= 0.3 is 0 Å². The maximum absolute atomic E-state index is 13.2. The monoisotopic (exact) mass is 557 g/mol. The molecule has 1 aliphatic heterocycles. The summed E-state index contributed by atoms with van der Waals surface area (Å²) in [6.07, 6.45) is 19.2. The molecule has 1 rings (SSSR count). The number of hydrogen-bond donors (Lipinski definition) is 4. The smallest absolute Gasteiger partial charge is 0.224 e. The minimum atomic E-state index is -1.47. The lowest BCUT2D eigenvalue weighted by Gasteiger charge is -2.44. The van der Waals surface area contributed by atoms with Gasteiger partial charge in [-0.1, -0.05) is 136 Å². The van der Waals surface area contributed by atoms with Crippen LogP contribution in [0.2, 0.25) is 0 Å². The van der Waals surface area contributed by atoms with Crippen molar-refractivity contribution in [2.45, 2.75) is 186 Å². The molecule has 0 spiro atoms. The number of rotatable bonds is 25. The Hall–Kier alpha value is -0.730. The van der Waals surface area contributed by atoms with E-state index in [1.54, 1.807) is 4.90 Å². The van der Waals surface area contributed by atoms with E-state index < -0.39 is 37.3 Å². The number of aliphatic hydroxyl groups is 4. The third kappa shape index (κ3) is 15.7. The standard InChI is InChI=1S/C32H63NO6/c1-3-5-7-9-11-13-14-15-17-19-21-23-25-33(32-31(38)30(37)29(36)27(26-34)39-32)28(35)24-22-20-18-16-12-10-8-6-4-2/h27,29-32,34,36-38H,3-26H2,1-2H3/t27-,29+,30+,31-,32-/m1/s1. The highest BCUT2D eigenvalue weighted by Gasteiger charge is 2.46. The van der Waals surface area contributed by atoms with Gasteiger partial charge in [-0.05, 0) is 12.8 Å². The van der Waals surface area contributed by atoms with Gasteiger partial charge in [-0.15, -0.1) is 0 Å². The number of ether oxygens (including phenoxy) is 1. The molecule has 0 aromatic heterocycles. The second kappa shape index (κ2) is 23.9. The summed E-state index contributed by atoms with van der Waals surface area (Å²) in [7, 11) is 0. The molecule has 0 aromatic rings. The summed E-state index contributed by atoms with van der Waals surface area (Å²) < 4.78 is 5.76. The fourth-order valence-electron chi connectivity index (χ4n) is 5.59. The van der Waals surface area contributed by atoms with Crippen LogP contribution in [0.5, 0.6) is 0 Å². The molecule has 1 heterocycles. The van der Waals surface area contributed by atoms with Gasteiger partial charge in [-0.2, -0.15) is 0 Å². The summed E-state index contributed by atoms with van der Waals surface area (Å²) in [5, 5.41) is 40.7. The maximum atomic E-state index is 13.2. The van der Waals surface area contributed by atoms with Gasteiger partial charge in [0, 0.05) is 13.0 Å². The first-order valence-corrected chi connectivity index (χ1v) is 16.6. The Bertz CT molecular complexity index is 575. The molecule has 0 radical (unpaired) electrons. The second-order valence-corrected chi connectivity index (χ2v) is 11.8. The van der Waals surface area contributed by atoms with Crippen molar-refractivity contribution in [2.24, 2.45) is 0 Å². The summed E-state index contributed by atoms with van der Waals surface area (Å²) in [5.74, 6) is -0.0923. The molecule has 39 heavy (non-hydrogen) atoms. The molecule has 1 fully saturated rings. The SMILES string of the molecule is CCCCCCCCCCCCCCN(C(=O)CCCCCCCCCCC)[C@@H]1O[C@H](CO)[C@H](O)[C@H](O)[C@H]1O. The summed E-state index contributed by atoms with van der Waals surface area (Å²) in [5.41, 5.74) is 0. The number of carbonyl (C=O) groups excluding carboxylic acids is 1. The van der Waals surface area contributed by atoms with Crippen molar-refractivity contribution < 1.29 is 30.0 Å². The third-order valence-electron chi connectivity index (χ3n) is 8.24. The van der Waals surface area contributed by atoms with Crippen LogP contribution in [0, 0.1) is 0 Å². The van der Waals surface area contributed by atoms with E-state index in [0.717, 1.165) is 38.5 Å². The fraction of sp³-hybridized carbons (Fsp3) is 0.969. The molecule has 0 saturated carbocycles. The van der Waals surface area contributed by atoms with Crippen molar-refractivity contribution in [3.63, 3.8) is 0 Å². The van der Waals surface area contributed by atoms with E-state index in [4.69, 9.17) is 4.74 Å². The molecule has 0 aliphatic carbocycles. The second-order valence-electron chi connectivity index (χ2n) is 11.8. The van der Waals surface area contributed by atoms with Gasteiger partial charge in [-0.3, -0.25) is 4.79 Å². The van der Waals surface area contributed by atoms with Crippen molar-refractivity contribution in [1.82, 2.24) is 4.90 Å². The van der Waals surface area contributed by atoms with Crippen molar-refractivity contribution >= 4 is 5.91 Å². The van der Waals surface area contributed by atoms with Crippen LogP contribution in [0.25, 0.3) is 0 Å². The van der Waals surface area contributed by atoms with E-state index in [9.17, 15) is 25.2 Å². The molecule has 7 nitrogen and oxygen atoms in total. The lowest BCUT2D eigenvalue weighted by Crippen LogP contribution is -2.64. The average Bonchev–Trinajstić information content (AvgIpc) is 2.94. The molecule has 0 unspecified atom stereocenters. The van der Waals surface area contributed by atoms with Crippen molar-refractivity contribution in [2.75, 3.05) is 13.2 Å². The van der Waals surface area contributed by atoms with Gasteiger partial charge in [0.05, 0.1) is 6.61 Å². The molecule has 1 saturated heterocycles. The zero-order chi connectivity index (χ0) is 28.7. The van der Waals surface area contributed by atoms with E-state index >= 15 is 0 Å². The van der Waals surface area contributed by atoms with E-state index in [1.807, 2.05) is 0 Å². The van der Waals surface area contributed by atoms with Crippen LogP contribution in [0.3, 0.4) is 0 Å². The molecule has 1 amide bonds. The van der Waals surface area contributed by atoms with E-state index in [-0.39, 0.29) is 5.91 Å². The van der Waals surface area contributed by atoms with E-state index in [1.165, 1.54) is 96.3 Å². The minimum absolute atomic E-state index is 0.0923. The zero-order valence-electron chi connectivity index (χ0n) is 25.4. The Morgan fingerprint density at radius 3 is 1.44 bits per heavy atom. The first-order valence-electron chi connectivity index (χ1n) is 16.6. The lowest BCUT2D eigenvalue weighted by atomic mass is 9.97. The van der Waals surface area contributed by atoms with Gasteiger partial charge < -0.3 is 30.1 Å². The number of amides is 1. The van der Waals surface area contributed by atoms with E-state index in [2.05, 4.69) is 13.8 Å². The first kappa shape index (κ1) is 36.3. The molecular weight excluding hydrogens is 494 g/mol. The van der Waals surface area contributed by atoms with Gasteiger partial charge in [0.2, 0.25) is 5.91 Å². The maximum Gasteiger partial charge on any atom is 0.224 e.